The average molecular weight is 347 g/mol. The van der Waals surface area contributed by atoms with Crippen LogP contribution in [0.5, 0.6) is 11.5 Å². The summed E-state index contributed by atoms with van der Waals surface area (Å²) < 4.78 is 11.0. The molecule has 0 bridgehead atoms. The minimum absolute atomic E-state index is 0.148. The van der Waals surface area contributed by atoms with Crippen molar-refractivity contribution >= 4 is 28.9 Å². The number of hydrogen-bond acceptors (Lipinski definition) is 4. The Labute approximate surface area is 145 Å². The first-order valence-electron chi connectivity index (χ1n) is 7.73. The molecule has 2 N–H and O–H groups in total. The first kappa shape index (κ1) is 16.5. The Bertz CT molecular complexity index is 777. The number of benzene rings is 2. The molecule has 5 nitrogen and oxygen atoms in total. The van der Waals surface area contributed by atoms with Crippen molar-refractivity contribution in [2.75, 3.05) is 30.4 Å². The molecule has 1 aliphatic heterocycles. The third-order valence-electron chi connectivity index (χ3n) is 3.74. The molecular weight excluding hydrogens is 328 g/mol. The van der Waals surface area contributed by atoms with Gasteiger partial charge in [0.05, 0.1) is 17.3 Å². The summed E-state index contributed by atoms with van der Waals surface area (Å²) >= 11 is 6.20. The molecule has 0 saturated heterocycles. The predicted octanol–water partition coefficient (Wildman–Crippen LogP) is 3.78. The highest BCUT2D eigenvalue weighted by Crippen LogP contribution is 2.37. The van der Waals surface area contributed by atoms with Crippen molar-refractivity contribution in [3.05, 3.63) is 46.5 Å². The summed E-state index contributed by atoms with van der Waals surface area (Å²) in [4.78, 5) is 12.2. The maximum Gasteiger partial charge on any atom is 0.243 e. The van der Waals surface area contributed by atoms with E-state index in [0.717, 1.165) is 16.8 Å². The summed E-state index contributed by atoms with van der Waals surface area (Å²) in [6, 6.07) is 9.42. The highest BCUT2D eigenvalue weighted by atomic mass is 35.5. The molecule has 0 unspecified atom stereocenters. The molecule has 0 fully saturated rings. The van der Waals surface area contributed by atoms with Gasteiger partial charge in [-0.25, -0.2) is 0 Å². The fourth-order valence-corrected chi connectivity index (χ4v) is 2.66. The van der Waals surface area contributed by atoms with E-state index >= 15 is 0 Å². The molecular formula is C18H19ClN2O3. The van der Waals surface area contributed by atoms with E-state index in [-0.39, 0.29) is 12.5 Å². The Morgan fingerprint density at radius 3 is 2.54 bits per heavy atom. The first-order valence-corrected chi connectivity index (χ1v) is 8.11. The molecule has 0 saturated carbocycles. The van der Waals surface area contributed by atoms with Crippen LogP contribution in [-0.2, 0) is 4.79 Å². The lowest BCUT2D eigenvalue weighted by Crippen LogP contribution is -2.22. The summed E-state index contributed by atoms with van der Waals surface area (Å²) in [5, 5.41) is 6.36. The zero-order valence-electron chi connectivity index (χ0n) is 13.6. The average Bonchev–Trinajstić information content (AvgIpc) is 2.56. The lowest BCUT2D eigenvalue weighted by atomic mass is 10.1. The Hall–Kier alpha value is -2.40. The monoisotopic (exact) mass is 346 g/mol. The molecule has 0 aliphatic carbocycles. The van der Waals surface area contributed by atoms with Gasteiger partial charge in [0.25, 0.3) is 0 Å². The van der Waals surface area contributed by atoms with E-state index in [1.807, 2.05) is 32.0 Å². The summed E-state index contributed by atoms with van der Waals surface area (Å²) in [5.41, 5.74) is 3.68. The Morgan fingerprint density at radius 1 is 1.08 bits per heavy atom. The molecule has 0 radical (unpaired) electrons. The number of halogens is 1. The van der Waals surface area contributed by atoms with E-state index in [4.69, 9.17) is 21.1 Å². The molecule has 0 aromatic heterocycles. The van der Waals surface area contributed by atoms with E-state index in [1.165, 1.54) is 0 Å². The highest BCUT2D eigenvalue weighted by Gasteiger charge is 2.16. The number of fused-ring (bicyclic) bond motifs is 1. The lowest BCUT2D eigenvalue weighted by molar-refractivity contribution is -0.114. The summed E-state index contributed by atoms with van der Waals surface area (Å²) in [6.07, 6.45) is 0. The number of anilines is 2. The van der Waals surface area contributed by atoms with Crippen LogP contribution in [0.1, 0.15) is 11.1 Å². The van der Waals surface area contributed by atoms with Crippen LogP contribution in [0, 0.1) is 13.8 Å². The molecule has 1 heterocycles. The molecule has 6 heteroatoms. The summed E-state index contributed by atoms with van der Waals surface area (Å²) in [6.45, 7) is 5.14. The zero-order valence-corrected chi connectivity index (χ0v) is 14.4. The van der Waals surface area contributed by atoms with Crippen LogP contribution >= 0.6 is 11.6 Å². The number of aryl methyl sites for hydroxylation is 2. The van der Waals surface area contributed by atoms with E-state index in [0.29, 0.717) is 35.4 Å². The van der Waals surface area contributed by atoms with E-state index in [2.05, 4.69) is 10.6 Å². The number of amides is 1. The van der Waals surface area contributed by atoms with Gasteiger partial charge >= 0.3 is 0 Å². The number of ether oxygens (including phenoxy) is 2. The third-order valence-corrected chi connectivity index (χ3v) is 4.05. The topological polar surface area (TPSA) is 59.6 Å². The van der Waals surface area contributed by atoms with Crippen molar-refractivity contribution in [1.29, 1.82) is 0 Å². The summed E-state index contributed by atoms with van der Waals surface area (Å²) in [5.74, 6) is 0.996. The van der Waals surface area contributed by atoms with Crippen LogP contribution in [0.3, 0.4) is 0 Å². The smallest absolute Gasteiger partial charge is 0.243 e. The zero-order chi connectivity index (χ0) is 17.1. The maximum atomic E-state index is 12.2. The maximum absolute atomic E-state index is 12.2. The molecule has 3 rings (SSSR count). The molecule has 2 aromatic carbocycles. The van der Waals surface area contributed by atoms with Crippen molar-refractivity contribution in [3.8, 4) is 11.5 Å². The van der Waals surface area contributed by atoms with Gasteiger partial charge in [0.15, 0.2) is 11.5 Å². The van der Waals surface area contributed by atoms with Gasteiger partial charge in [-0.05, 0) is 31.0 Å². The number of carbonyl (C=O) groups excluding carboxylic acids is 1. The molecule has 2 aromatic rings. The molecule has 126 valence electrons. The minimum atomic E-state index is -0.186. The van der Waals surface area contributed by atoms with E-state index < -0.39 is 0 Å². The molecule has 0 atom stereocenters. The molecule has 0 spiro atoms. The minimum Gasteiger partial charge on any atom is -0.486 e. The van der Waals surface area contributed by atoms with Gasteiger partial charge in [0, 0.05) is 17.8 Å². The fourth-order valence-electron chi connectivity index (χ4n) is 2.46. The van der Waals surface area contributed by atoms with Gasteiger partial charge in [-0.15, -0.1) is 0 Å². The second-order valence-electron chi connectivity index (χ2n) is 5.70. The molecule has 1 amide bonds. The van der Waals surface area contributed by atoms with Crippen LogP contribution in [0.4, 0.5) is 11.4 Å². The van der Waals surface area contributed by atoms with E-state index in [9.17, 15) is 4.79 Å². The second-order valence-corrected chi connectivity index (χ2v) is 6.10. The Morgan fingerprint density at radius 2 is 1.79 bits per heavy atom. The van der Waals surface area contributed by atoms with Crippen LogP contribution in [0.25, 0.3) is 0 Å². The Balaban J connectivity index is 1.65. The van der Waals surface area contributed by atoms with Crippen molar-refractivity contribution < 1.29 is 14.3 Å². The van der Waals surface area contributed by atoms with Crippen molar-refractivity contribution in [2.45, 2.75) is 13.8 Å². The summed E-state index contributed by atoms with van der Waals surface area (Å²) in [7, 11) is 0. The number of hydrogen-bond donors (Lipinski definition) is 2. The fraction of sp³-hybridized carbons (Fsp3) is 0.278. The number of rotatable bonds is 4. The lowest BCUT2D eigenvalue weighted by Gasteiger charge is -2.20. The van der Waals surface area contributed by atoms with Gasteiger partial charge in [-0.2, -0.15) is 0 Å². The van der Waals surface area contributed by atoms with E-state index in [1.54, 1.807) is 12.1 Å². The first-order chi connectivity index (χ1) is 11.5. The number of nitrogens with one attached hydrogen (secondary N) is 2. The molecule has 1 aliphatic rings. The van der Waals surface area contributed by atoms with Gasteiger partial charge in [0.2, 0.25) is 5.91 Å². The van der Waals surface area contributed by atoms with Crippen molar-refractivity contribution in [1.82, 2.24) is 0 Å². The predicted molar refractivity (Wildman–Crippen MR) is 95.5 cm³/mol. The van der Waals surface area contributed by atoms with Gasteiger partial charge in [-0.1, -0.05) is 23.7 Å². The van der Waals surface area contributed by atoms with Gasteiger partial charge in [-0.3, -0.25) is 4.79 Å². The standard InChI is InChI=1S/C18H19ClN2O3/c1-11-3-4-12(2)14(7-11)20-10-18(22)21-15-9-17-16(8-13(15)19)23-5-6-24-17/h3-4,7-9,20H,5-6,10H2,1-2H3,(H,21,22). The van der Waals surface area contributed by atoms with Gasteiger partial charge in [0.1, 0.15) is 13.2 Å². The van der Waals surface area contributed by atoms with Crippen molar-refractivity contribution in [2.24, 2.45) is 0 Å². The highest BCUT2D eigenvalue weighted by molar-refractivity contribution is 6.34. The van der Waals surface area contributed by atoms with Crippen molar-refractivity contribution in [3.63, 3.8) is 0 Å². The number of carbonyl (C=O) groups is 1. The normalized spacial score (nSPS) is 12.6. The third kappa shape index (κ3) is 3.74. The van der Waals surface area contributed by atoms with Crippen LogP contribution in [0.15, 0.2) is 30.3 Å². The Kier molecular flexibility index (Phi) is 4.81. The largest absolute Gasteiger partial charge is 0.486 e. The second kappa shape index (κ2) is 7.01. The van der Waals surface area contributed by atoms with Crippen LogP contribution in [-0.4, -0.2) is 25.7 Å². The van der Waals surface area contributed by atoms with Gasteiger partial charge < -0.3 is 20.1 Å². The van der Waals surface area contributed by atoms with Crippen LogP contribution < -0.4 is 20.1 Å². The quantitative estimate of drug-likeness (QED) is 0.884. The van der Waals surface area contributed by atoms with Crippen LogP contribution in [0.2, 0.25) is 5.02 Å². The molecule has 24 heavy (non-hydrogen) atoms. The SMILES string of the molecule is Cc1ccc(C)c(NCC(=O)Nc2cc3c(cc2Cl)OCCO3)c1.